The molecule has 0 amide bonds. The predicted molar refractivity (Wildman–Crippen MR) is 62.3 cm³/mol. The van der Waals surface area contributed by atoms with E-state index in [0.29, 0.717) is 0 Å². The van der Waals surface area contributed by atoms with E-state index in [4.69, 9.17) is 4.74 Å². The number of para-hydroxylation sites is 1. The second-order valence-corrected chi connectivity index (χ2v) is 4.21. The van der Waals surface area contributed by atoms with Gasteiger partial charge in [0.15, 0.2) is 0 Å². The standard InChI is InChI=1S/C13H19NO/c1-15-13-5-3-2-4-12(13)7-6-11-8-9-14-10-11/h2-5,11,14H,6-10H2,1H3. The minimum atomic E-state index is 0.856. The molecule has 1 unspecified atom stereocenters. The average molecular weight is 205 g/mol. The van der Waals surface area contributed by atoms with Crippen LogP contribution >= 0.6 is 0 Å². The lowest BCUT2D eigenvalue weighted by molar-refractivity contribution is 0.406. The zero-order chi connectivity index (χ0) is 10.5. The van der Waals surface area contributed by atoms with Crippen LogP contribution in [-0.2, 0) is 6.42 Å². The molecule has 1 heterocycles. The van der Waals surface area contributed by atoms with Gasteiger partial charge in [0.1, 0.15) is 5.75 Å². The number of benzene rings is 1. The van der Waals surface area contributed by atoms with Gasteiger partial charge in [-0.2, -0.15) is 0 Å². The quantitative estimate of drug-likeness (QED) is 0.814. The van der Waals surface area contributed by atoms with Crippen LogP contribution in [0.2, 0.25) is 0 Å². The van der Waals surface area contributed by atoms with Crippen molar-refractivity contribution in [3.63, 3.8) is 0 Å². The van der Waals surface area contributed by atoms with E-state index < -0.39 is 0 Å². The van der Waals surface area contributed by atoms with Gasteiger partial charge in [-0.05, 0) is 49.9 Å². The van der Waals surface area contributed by atoms with Gasteiger partial charge < -0.3 is 10.1 Å². The fourth-order valence-corrected chi connectivity index (χ4v) is 2.23. The summed E-state index contributed by atoms with van der Waals surface area (Å²) in [6, 6.07) is 8.33. The molecule has 2 nitrogen and oxygen atoms in total. The van der Waals surface area contributed by atoms with Crippen molar-refractivity contribution >= 4 is 0 Å². The number of aryl methyl sites for hydroxylation is 1. The summed E-state index contributed by atoms with van der Waals surface area (Å²) in [5.41, 5.74) is 1.34. The van der Waals surface area contributed by atoms with Crippen LogP contribution in [0.4, 0.5) is 0 Å². The Morgan fingerprint density at radius 1 is 1.40 bits per heavy atom. The highest BCUT2D eigenvalue weighted by molar-refractivity contribution is 5.33. The first-order chi connectivity index (χ1) is 7.40. The van der Waals surface area contributed by atoms with Gasteiger partial charge in [0, 0.05) is 0 Å². The minimum absolute atomic E-state index is 0.856. The van der Waals surface area contributed by atoms with Crippen LogP contribution in [0, 0.1) is 5.92 Å². The maximum Gasteiger partial charge on any atom is 0.122 e. The first-order valence-electron chi connectivity index (χ1n) is 5.73. The minimum Gasteiger partial charge on any atom is -0.496 e. The second kappa shape index (κ2) is 5.17. The van der Waals surface area contributed by atoms with Crippen molar-refractivity contribution < 1.29 is 4.74 Å². The number of rotatable bonds is 4. The third-order valence-electron chi connectivity index (χ3n) is 3.18. The summed E-state index contributed by atoms with van der Waals surface area (Å²) in [4.78, 5) is 0. The summed E-state index contributed by atoms with van der Waals surface area (Å²) in [5.74, 6) is 1.89. The van der Waals surface area contributed by atoms with Crippen molar-refractivity contribution in [2.45, 2.75) is 19.3 Å². The number of hydrogen-bond acceptors (Lipinski definition) is 2. The van der Waals surface area contributed by atoms with Gasteiger partial charge in [-0.15, -0.1) is 0 Å². The van der Waals surface area contributed by atoms with Gasteiger partial charge in [0.05, 0.1) is 7.11 Å². The van der Waals surface area contributed by atoms with Crippen LogP contribution in [0.3, 0.4) is 0 Å². The summed E-state index contributed by atoms with van der Waals surface area (Å²) in [6.45, 7) is 2.38. The summed E-state index contributed by atoms with van der Waals surface area (Å²) >= 11 is 0. The van der Waals surface area contributed by atoms with Crippen LogP contribution in [0.25, 0.3) is 0 Å². The Balaban J connectivity index is 1.91. The Kier molecular flexibility index (Phi) is 3.62. The van der Waals surface area contributed by atoms with E-state index in [0.717, 1.165) is 18.1 Å². The molecule has 1 N–H and O–H groups in total. The normalized spacial score (nSPS) is 20.5. The van der Waals surface area contributed by atoms with Crippen LogP contribution in [-0.4, -0.2) is 20.2 Å². The van der Waals surface area contributed by atoms with E-state index in [2.05, 4.69) is 17.4 Å². The Morgan fingerprint density at radius 3 is 3.00 bits per heavy atom. The summed E-state index contributed by atoms with van der Waals surface area (Å²) < 4.78 is 5.34. The van der Waals surface area contributed by atoms with Crippen LogP contribution in [0.15, 0.2) is 24.3 Å². The van der Waals surface area contributed by atoms with Gasteiger partial charge in [-0.1, -0.05) is 18.2 Å². The summed E-state index contributed by atoms with van der Waals surface area (Å²) in [7, 11) is 1.75. The Bertz CT molecular complexity index is 305. The van der Waals surface area contributed by atoms with Gasteiger partial charge in [-0.25, -0.2) is 0 Å². The fourth-order valence-electron chi connectivity index (χ4n) is 2.23. The fraction of sp³-hybridized carbons (Fsp3) is 0.538. The molecule has 82 valence electrons. The third kappa shape index (κ3) is 2.72. The van der Waals surface area contributed by atoms with Crippen molar-refractivity contribution in [2.24, 2.45) is 5.92 Å². The van der Waals surface area contributed by atoms with Crippen molar-refractivity contribution in [1.29, 1.82) is 0 Å². The first-order valence-corrected chi connectivity index (χ1v) is 5.73. The topological polar surface area (TPSA) is 21.3 Å². The molecule has 1 aromatic carbocycles. The molecule has 1 aromatic rings. The molecule has 0 radical (unpaired) electrons. The molecule has 15 heavy (non-hydrogen) atoms. The lowest BCUT2D eigenvalue weighted by atomic mass is 9.98. The number of nitrogens with one attached hydrogen (secondary N) is 1. The number of methoxy groups -OCH3 is 1. The van der Waals surface area contributed by atoms with Crippen LogP contribution in [0.5, 0.6) is 5.75 Å². The molecule has 0 aromatic heterocycles. The van der Waals surface area contributed by atoms with Crippen LogP contribution in [0.1, 0.15) is 18.4 Å². The molecule has 0 saturated carbocycles. The average Bonchev–Trinajstić information content (AvgIpc) is 2.79. The number of hydrogen-bond donors (Lipinski definition) is 1. The highest BCUT2D eigenvalue weighted by atomic mass is 16.5. The van der Waals surface area contributed by atoms with E-state index >= 15 is 0 Å². The Morgan fingerprint density at radius 2 is 2.27 bits per heavy atom. The molecule has 0 bridgehead atoms. The molecular formula is C13H19NO. The monoisotopic (exact) mass is 205 g/mol. The molecule has 0 spiro atoms. The van der Waals surface area contributed by atoms with E-state index in [1.54, 1.807) is 7.11 Å². The zero-order valence-electron chi connectivity index (χ0n) is 9.33. The SMILES string of the molecule is COc1ccccc1CCC1CCNC1. The van der Waals surface area contributed by atoms with E-state index in [9.17, 15) is 0 Å². The van der Waals surface area contributed by atoms with Crippen molar-refractivity contribution in [3.05, 3.63) is 29.8 Å². The summed E-state index contributed by atoms with van der Waals surface area (Å²) in [6.07, 6.45) is 3.74. The molecule has 1 saturated heterocycles. The number of ether oxygens (including phenoxy) is 1. The molecule has 2 heteroatoms. The van der Waals surface area contributed by atoms with E-state index in [1.807, 2.05) is 12.1 Å². The van der Waals surface area contributed by atoms with Crippen molar-refractivity contribution in [2.75, 3.05) is 20.2 Å². The molecule has 2 rings (SSSR count). The lowest BCUT2D eigenvalue weighted by Crippen LogP contribution is -2.09. The van der Waals surface area contributed by atoms with Crippen molar-refractivity contribution in [1.82, 2.24) is 5.32 Å². The molecule has 1 atom stereocenters. The van der Waals surface area contributed by atoms with Gasteiger partial charge in [0.25, 0.3) is 0 Å². The predicted octanol–water partition coefficient (Wildman–Crippen LogP) is 2.24. The van der Waals surface area contributed by atoms with Crippen LogP contribution < -0.4 is 10.1 Å². The smallest absolute Gasteiger partial charge is 0.122 e. The molecule has 1 aliphatic rings. The maximum atomic E-state index is 5.34. The maximum absolute atomic E-state index is 5.34. The molecular weight excluding hydrogens is 186 g/mol. The zero-order valence-corrected chi connectivity index (χ0v) is 9.33. The molecule has 1 fully saturated rings. The molecule has 0 aliphatic carbocycles. The van der Waals surface area contributed by atoms with E-state index in [-0.39, 0.29) is 0 Å². The Labute approximate surface area is 91.6 Å². The van der Waals surface area contributed by atoms with E-state index in [1.165, 1.54) is 31.5 Å². The van der Waals surface area contributed by atoms with Gasteiger partial charge >= 0.3 is 0 Å². The summed E-state index contributed by atoms with van der Waals surface area (Å²) in [5, 5.41) is 3.41. The molecule has 1 aliphatic heterocycles. The second-order valence-electron chi connectivity index (χ2n) is 4.21. The lowest BCUT2D eigenvalue weighted by Gasteiger charge is -2.10. The first kappa shape index (κ1) is 10.5. The van der Waals surface area contributed by atoms with Gasteiger partial charge in [-0.3, -0.25) is 0 Å². The highest BCUT2D eigenvalue weighted by Crippen LogP contribution is 2.22. The van der Waals surface area contributed by atoms with Crippen molar-refractivity contribution in [3.8, 4) is 5.75 Å². The third-order valence-corrected chi connectivity index (χ3v) is 3.18. The Hall–Kier alpha value is -1.02. The van der Waals surface area contributed by atoms with Gasteiger partial charge in [0.2, 0.25) is 0 Å². The largest absolute Gasteiger partial charge is 0.496 e. The highest BCUT2D eigenvalue weighted by Gasteiger charge is 2.14.